The molecule has 1 aliphatic carbocycles. The van der Waals surface area contributed by atoms with Gasteiger partial charge in [0.15, 0.2) is 0 Å². The van der Waals surface area contributed by atoms with Crippen LogP contribution in [-0.2, 0) is 19.1 Å². The maximum atomic E-state index is 12.3. The normalized spacial score (nSPS) is 22.1. The van der Waals surface area contributed by atoms with E-state index in [0.29, 0.717) is 12.3 Å². The van der Waals surface area contributed by atoms with Gasteiger partial charge in [0.1, 0.15) is 0 Å². The van der Waals surface area contributed by atoms with Crippen molar-refractivity contribution in [2.45, 2.75) is 77.6 Å². The third-order valence-corrected chi connectivity index (χ3v) is 5.46. The number of carbonyl (C=O) groups is 2. The van der Waals surface area contributed by atoms with Crippen molar-refractivity contribution < 1.29 is 19.1 Å². The van der Waals surface area contributed by atoms with E-state index < -0.39 is 0 Å². The quantitative estimate of drug-likeness (QED) is 0.237. The second-order valence-corrected chi connectivity index (χ2v) is 7.50. The largest absolute Gasteiger partial charge is 0.469 e. The molecule has 0 aromatic carbocycles. The first-order chi connectivity index (χ1) is 13.1. The summed E-state index contributed by atoms with van der Waals surface area (Å²) in [5.41, 5.74) is 0. The minimum atomic E-state index is -0.115. The maximum absolute atomic E-state index is 12.3. The Labute approximate surface area is 165 Å². The average Bonchev–Trinajstić information content (AvgIpc) is 2.70. The molecule has 3 unspecified atom stereocenters. The van der Waals surface area contributed by atoms with Crippen LogP contribution in [0.1, 0.15) is 77.6 Å². The van der Waals surface area contributed by atoms with Crippen LogP contribution in [0, 0.1) is 17.8 Å². The van der Waals surface area contributed by atoms with E-state index in [-0.39, 0.29) is 23.8 Å². The molecule has 0 amide bonds. The zero-order valence-electron chi connectivity index (χ0n) is 17.5. The standard InChI is InChI=1S/C23H38O4/c1-4-5-14-19-16-13-17-20(22(19)23(25)27-3)15-11-9-7-6-8-10-12-18-21(24)26-2/h11,13,15,17,19-20,22H,4-10,12,14,16,18H2,1-3H3. The SMILES string of the molecule is CCCCC1CC=CC(C=CCCCCCCCC(=O)OC)C1C(=O)OC. The fourth-order valence-electron chi connectivity index (χ4n) is 3.84. The summed E-state index contributed by atoms with van der Waals surface area (Å²) in [7, 11) is 2.94. The summed E-state index contributed by atoms with van der Waals surface area (Å²) in [6, 6.07) is 0. The smallest absolute Gasteiger partial charge is 0.309 e. The third kappa shape index (κ3) is 9.25. The van der Waals surface area contributed by atoms with Gasteiger partial charge in [0.2, 0.25) is 0 Å². The Morgan fingerprint density at radius 1 is 1.04 bits per heavy atom. The first kappa shape index (κ1) is 23.5. The Morgan fingerprint density at radius 3 is 2.48 bits per heavy atom. The van der Waals surface area contributed by atoms with Crippen molar-refractivity contribution in [1.29, 1.82) is 0 Å². The van der Waals surface area contributed by atoms with Gasteiger partial charge in [-0.05, 0) is 38.0 Å². The predicted molar refractivity (Wildman–Crippen MR) is 109 cm³/mol. The highest BCUT2D eigenvalue weighted by Gasteiger charge is 2.35. The molecule has 4 nitrogen and oxygen atoms in total. The Hall–Kier alpha value is -1.58. The number of methoxy groups -OCH3 is 2. The number of carbonyl (C=O) groups excluding carboxylic acids is 2. The second-order valence-electron chi connectivity index (χ2n) is 7.50. The zero-order chi connectivity index (χ0) is 19.9. The molecule has 1 rings (SSSR count). The Morgan fingerprint density at radius 2 is 1.78 bits per heavy atom. The fraction of sp³-hybridized carbons (Fsp3) is 0.739. The van der Waals surface area contributed by atoms with Crippen LogP contribution in [-0.4, -0.2) is 26.2 Å². The van der Waals surface area contributed by atoms with E-state index in [1.165, 1.54) is 27.1 Å². The number of esters is 2. The van der Waals surface area contributed by atoms with Crippen molar-refractivity contribution in [2.75, 3.05) is 14.2 Å². The van der Waals surface area contributed by atoms with Crippen LogP contribution in [0.4, 0.5) is 0 Å². The van der Waals surface area contributed by atoms with E-state index in [1.807, 2.05) is 0 Å². The van der Waals surface area contributed by atoms with Crippen LogP contribution in [0.15, 0.2) is 24.3 Å². The monoisotopic (exact) mass is 378 g/mol. The van der Waals surface area contributed by atoms with Gasteiger partial charge in [-0.3, -0.25) is 9.59 Å². The van der Waals surface area contributed by atoms with Gasteiger partial charge in [0, 0.05) is 12.3 Å². The van der Waals surface area contributed by atoms with Gasteiger partial charge < -0.3 is 9.47 Å². The van der Waals surface area contributed by atoms with Crippen molar-refractivity contribution in [2.24, 2.45) is 17.8 Å². The van der Waals surface area contributed by atoms with Gasteiger partial charge in [0.05, 0.1) is 20.1 Å². The summed E-state index contributed by atoms with van der Waals surface area (Å²) < 4.78 is 9.74. The van der Waals surface area contributed by atoms with E-state index in [9.17, 15) is 9.59 Å². The summed E-state index contributed by atoms with van der Waals surface area (Å²) in [5, 5.41) is 0. The number of hydrogen-bond donors (Lipinski definition) is 0. The molecule has 0 saturated carbocycles. The summed E-state index contributed by atoms with van der Waals surface area (Å²) in [5.74, 6) is 0.331. The van der Waals surface area contributed by atoms with E-state index in [2.05, 4.69) is 36.0 Å². The van der Waals surface area contributed by atoms with E-state index in [4.69, 9.17) is 4.74 Å². The van der Waals surface area contributed by atoms with Crippen LogP contribution in [0.3, 0.4) is 0 Å². The minimum absolute atomic E-state index is 0.0406. The summed E-state index contributed by atoms with van der Waals surface area (Å²) in [6.45, 7) is 2.19. The van der Waals surface area contributed by atoms with Gasteiger partial charge in [-0.15, -0.1) is 0 Å². The zero-order valence-corrected chi connectivity index (χ0v) is 17.5. The molecule has 1 aliphatic rings. The number of hydrogen-bond acceptors (Lipinski definition) is 4. The van der Waals surface area contributed by atoms with Crippen LogP contribution >= 0.6 is 0 Å². The van der Waals surface area contributed by atoms with Crippen LogP contribution in [0.2, 0.25) is 0 Å². The number of allylic oxidation sites excluding steroid dienone is 4. The molecule has 4 heteroatoms. The molecule has 0 spiro atoms. The average molecular weight is 379 g/mol. The molecule has 0 saturated heterocycles. The molecule has 0 aromatic rings. The molecule has 0 heterocycles. The minimum Gasteiger partial charge on any atom is -0.469 e. The molecule has 3 atom stereocenters. The topological polar surface area (TPSA) is 52.6 Å². The molecule has 27 heavy (non-hydrogen) atoms. The lowest BCUT2D eigenvalue weighted by atomic mass is 9.73. The van der Waals surface area contributed by atoms with Gasteiger partial charge >= 0.3 is 11.9 Å². The lowest BCUT2D eigenvalue weighted by molar-refractivity contribution is -0.149. The molecular formula is C23H38O4. The Kier molecular flexibility index (Phi) is 12.6. The summed E-state index contributed by atoms with van der Waals surface area (Å²) >= 11 is 0. The molecule has 0 radical (unpaired) electrons. The van der Waals surface area contributed by atoms with Crippen molar-refractivity contribution in [3.05, 3.63) is 24.3 Å². The molecule has 0 bridgehead atoms. The lowest BCUT2D eigenvalue weighted by Gasteiger charge is -2.31. The van der Waals surface area contributed by atoms with Crippen LogP contribution < -0.4 is 0 Å². The van der Waals surface area contributed by atoms with E-state index in [0.717, 1.165) is 51.4 Å². The third-order valence-electron chi connectivity index (χ3n) is 5.46. The first-order valence-corrected chi connectivity index (χ1v) is 10.6. The highest BCUT2D eigenvalue weighted by atomic mass is 16.5. The first-order valence-electron chi connectivity index (χ1n) is 10.6. The van der Waals surface area contributed by atoms with E-state index in [1.54, 1.807) is 0 Å². The van der Waals surface area contributed by atoms with Crippen molar-refractivity contribution in [1.82, 2.24) is 0 Å². The fourth-order valence-corrected chi connectivity index (χ4v) is 3.84. The maximum Gasteiger partial charge on any atom is 0.309 e. The van der Waals surface area contributed by atoms with Crippen molar-refractivity contribution in [3.63, 3.8) is 0 Å². The van der Waals surface area contributed by atoms with Crippen molar-refractivity contribution in [3.8, 4) is 0 Å². The number of ether oxygens (including phenoxy) is 2. The Bertz CT molecular complexity index is 481. The highest BCUT2D eigenvalue weighted by molar-refractivity contribution is 5.74. The van der Waals surface area contributed by atoms with Gasteiger partial charge in [0.25, 0.3) is 0 Å². The van der Waals surface area contributed by atoms with Crippen LogP contribution in [0.25, 0.3) is 0 Å². The Balaban J connectivity index is 2.34. The van der Waals surface area contributed by atoms with Crippen LogP contribution in [0.5, 0.6) is 0 Å². The number of rotatable bonds is 13. The molecule has 154 valence electrons. The lowest BCUT2D eigenvalue weighted by Crippen LogP contribution is -2.32. The molecule has 0 fully saturated rings. The molecule has 0 aliphatic heterocycles. The molecular weight excluding hydrogens is 340 g/mol. The molecule has 0 aromatic heterocycles. The predicted octanol–water partition coefficient (Wildman–Crippen LogP) is 5.62. The molecule has 0 N–H and O–H groups in total. The summed E-state index contributed by atoms with van der Waals surface area (Å²) in [6.07, 6.45) is 20.3. The highest BCUT2D eigenvalue weighted by Crippen LogP contribution is 2.35. The van der Waals surface area contributed by atoms with Crippen molar-refractivity contribution >= 4 is 11.9 Å². The van der Waals surface area contributed by atoms with E-state index >= 15 is 0 Å². The van der Waals surface area contributed by atoms with Gasteiger partial charge in [-0.1, -0.05) is 63.3 Å². The second kappa shape index (κ2) is 14.5. The number of unbranched alkanes of at least 4 members (excludes halogenated alkanes) is 6. The summed E-state index contributed by atoms with van der Waals surface area (Å²) in [4.78, 5) is 23.4. The van der Waals surface area contributed by atoms with Gasteiger partial charge in [-0.25, -0.2) is 0 Å². The van der Waals surface area contributed by atoms with Gasteiger partial charge in [-0.2, -0.15) is 0 Å².